The van der Waals surface area contributed by atoms with Crippen LogP contribution in [-0.4, -0.2) is 41.9 Å². The Bertz CT molecular complexity index is 818. The second-order valence-electron chi connectivity index (χ2n) is 6.37. The molecular formula is C19H31BN4O. The average Bonchev–Trinajstić information content (AvgIpc) is 3.26. The van der Waals surface area contributed by atoms with Crippen molar-refractivity contribution in [2.24, 2.45) is 12.8 Å². The maximum absolute atomic E-state index is 12.4. The molecule has 0 bridgehead atoms. The van der Waals surface area contributed by atoms with Crippen LogP contribution in [0.15, 0.2) is 29.1 Å². The van der Waals surface area contributed by atoms with Gasteiger partial charge in [0.2, 0.25) is 0 Å². The van der Waals surface area contributed by atoms with Crippen LogP contribution in [0.4, 0.5) is 0 Å². The van der Waals surface area contributed by atoms with E-state index in [0.29, 0.717) is 0 Å². The molecule has 2 aromatic heterocycles. The summed E-state index contributed by atoms with van der Waals surface area (Å²) in [5.41, 5.74) is 9.67. The molecule has 0 spiro atoms. The molecule has 0 saturated heterocycles. The van der Waals surface area contributed by atoms with Gasteiger partial charge in [0.1, 0.15) is 0 Å². The fourth-order valence-electron chi connectivity index (χ4n) is 2.76. The summed E-state index contributed by atoms with van der Waals surface area (Å²) in [6.45, 7) is 8.82. The molecule has 0 atom stereocenters. The molecule has 0 amide bonds. The zero-order valence-electron chi connectivity index (χ0n) is 16.6. The Labute approximate surface area is 151 Å². The van der Waals surface area contributed by atoms with Gasteiger partial charge in [0.05, 0.1) is 0 Å². The van der Waals surface area contributed by atoms with Gasteiger partial charge in [-0.2, -0.15) is 0 Å². The summed E-state index contributed by atoms with van der Waals surface area (Å²) in [5.74, 6) is 0. The van der Waals surface area contributed by atoms with Crippen molar-refractivity contribution in [1.82, 2.24) is 13.9 Å². The van der Waals surface area contributed by atoms with Gasteiger partial charge in [-0.1, -0.05) is 24.3 Å². The van der Waals surface area contributed by atoms with Crippen LogP contribution in [0.25, 0.3) is 5.54 Å². The molecule has 0 aliphatic heterocycles. The molecule has 2 N–H and O–H groups in total. The van der Waals surface area contributed by atoms with Gasteiger partial charge in [0, 0.05) is 0 Å². The Hall–Kier alpha value is -1.92. The number of aromatic nitrogens is 2. The zero-order valence-corrected chi connectivity index (χ0v) is 16.6. The summed E-state index contributed by atoms with van der Waals surface area (Å²) in [6.07, 6.45) is 9.50. The fraction of sp³-hybridized carbons (Fsp3) is 0.474. The number of aryl methyl sites for hydroxylation is 2. The first-order valence-electron chi connectivity index (χ1n) is 8.55. The summed E-state index contributed by atoms with van der Waals surface area (Å²) in [6, 6.07) is 0. The van der Waals surface area contributed by atoms with E-state index in [1.165, 1.54) is 12.5 Å². The van der Waals surface area contributed by atoms with Crippen LogP contribution in [-0.2, 0) is 13.6 Å². The normalized spacial score (nSPS) is 12.0. The fourth-order valence-corrected chi connectivity index (χ4v) is 2.76. The van der Waals surface area contributed by atoms with E-state index in [0.717, 1.165) is 35.5 Å². The van der Waals surface area contributed by atoms with Crippen LogP contribution in [0.3, 0.4) is 0 Å². The molecule has 25 heavy (non-hydrogen) atoms. The summed E-state index contributed by atoms with van der Waals surface area (Å²) in [5, 5.41) is 0. The summed E-state index contributed by atoms with van der Waals surface area (Å²) < 4.78 is 3.93. The SMILES string of the molecule is C1=CCC=C1.CN.Cc1bc2n(C)c(C)c(C)c(=O)n2c1CN(C)C. The Morgan fingerprint density at radius 2 is 1.72 bits per heavy atom. The van der Waals surface area contributed by atoms with E-state index in [9.17, 15) is 4.79 Å². The third kappa shape index (κ3) is 4.80. The third-order valence-corrected chi connectivity index (χ3v) is 4.33. The summed E-state index contributed by atoms with van der Waals surface area (Å²) in [4.78, 5) is 14.5. The van der Waals surface area contributed by atoms with Crippen molar-refractivity contribution < 1.29 is 0 Å². The molecule has 0 fully saturated rings. The first-order chi connectivity index (χ1) is 11.8. The van der Waals surface area contributed by atoms with Crippen molar-refractivity contribution in [2.75, 3.05) is 21.1 Å². The van der Waals surface area contributed by atoms with E-state index in [2.05, 4.69) is 53.3 Å². The van der Waals surface area contributed by atoms with E-state index >= 15 is 0 Å². The van der Waals surface area contributed by atoms with Gasteiger partial charge in [-0.05, 0) is 13.5 Å². The summed E-state index contributed by atoms with van der Waals surface area (Å²) in [7, 11) is 7.55. The first kappa shape index (κ1) is 21.1. The van der Waals surface area contributed by atoms with E-state index in [1.807, 2.05) is 39.4 Å². The molecule has 5 nitrogen and oxygen atoms in total. The first-order valence-corrected chi connectivity index (χ1v) is 8.55. The topological polar surface area (TPSA) is 55.7 Å². The quantitative estimate of drug-likeness (QED) is 0.909. The molecule has 2 aromatic rings. The van der Waals surface area contributed by atoms with Gasteiger partial charge in [-0.25, -0.2) is 0 Å². The van der Waals surface area contributed by atoms with Crippen molar-refractivity contribution in [1.29, 1.82) is 0 Å². The van der Waals surface area contributed by atoms with Gasteiger partial charge in [0.25, 0.3) is 0 Å². The predicted molar refractivity (Wildman–Crippen MR) is 109 cm³/mol. The molecular weight excluding hydrogens is 311 g/mol. The van der Waals surface area contributed by atoms with E-state index < -0.39 is 0 Å². The van der Waals surface area contributed by atoms with Gasteiger partial charge in [-0.15, -0.1) is 0 Å². The number of rotatable bonds is 2. The number of hydrogen-bond acceptors (Lipinski definition) is 3. The molecule has 0 radical (unpaired) electrons. The minimum absolute atomic E-state index is 0.102. The molecule has 0 unspecified atom stereocenters. The van der Waals surface area contributed by atoms with Crippen LogP contribution in [0, 0.1) is 20.8 Å². The van der Waals surface area contributed by atoms with Gasteiger partial charge in [0.15, 0.2) is 0 Å². The van der Waals surface area contributed by atoms with Crippen molar-refractivity contribution in [3.63, 3.8) is 0 Å². The molecule has 0 saturated carbocycles. The van der Waals surface area contributed by atoms with Gasteiger partial charge < -0.3 is 5.73 Å². The second kappa shape index (κ2) is 9.54. The molecule has 6 heteroatoms. The third-order valence-electron chi connectivity index (χ3n) is 4.33. The average molecular weight is 342 g/mol. The van der Waals surface area contributed by atoms with Crippen LogP contribution < -0.4 is 11.3 Å². The predicted octanol–water partition coefficient (Wildman–Crippen LogP) is 2.04. The van der Waals surface area contributed by atoms with Crippen molar-refractivity contribution in [2.45, 2.75) is 33.7 Å². The maximum atomic E-state index is 12.4. The number of nitrogens with two attached hydrogens (primary N) is 1. The monoisotopic (exact) mass is 342 g/mol. The second-order valence-corrected chi connectivity index (χ2v) is 6.37. The Balaban J connectivity index is 0.000000376. The molecule has 1 aliphatic carbocycles. The Morgan fingerprint density at radius 1 is 1.16 bits per heavy atom. The Morgan fingerprint density at radius 3 is 2.16 bits per heavy atom. The minimum atomic E-state index is 0.102. The molecule has 136 valence electrons. The van der Waals surface area contributed by atoms with E-state index in [1.54, 1.807) is 0 Å². The number of fused-ring (bicyclic) bond motifs is 1. The number of allylic oxidation sites excluding steroid dienone is 4. The van der Waals surface area contributed by atoms with Crippen molar-refractivity contribution in [3.8, 4) is 0 Å². The molecule has 1 aliphatic rings. The Kier molecular flexibility index (Phi) is 8.06. The van der Waals surface area contributed by atoms with Crippen LogP contribution >= 0.6 is 0 Å². The number of nitrogens with zero attached hydrogens (tertiary/aromatic N) is 3. The molecule has 3 rings (SSSR count). The standard InChI is InChI=1S/C13H20BN3O.C5H6.CH5N/c1-8-10(3)16(6)13-14-9(2)11(7-15(4)5)17(13)12(8)18;1-2-4-5-3-1;1-2/h7H2,1-6H3;1-4H,5H2;2H2,1H3. The van der Waals surface area contributed by atoms with Crippen LogP contribution in [0.2, 0.25) is 0 Å². The van der Waals surface area contributed by atoms with Crippen LogP contribution in [0.5, 0.6) is 0 Å². The van der Waals surface area contributed by atoms with Gasteiger partial charge in [-0.3, -0.25) is 0 Å². The van der Waals surface area contributed by atoms with Gasteiger partial charge >= 0.3 is 108 Å². The van der Waals surface area contributed by atoms with E-state index in [4.69, 9.17) is 0 Å². The van der Waals surface area contributed by atoms with Crippen LogP contribution in [0.1, 0.15) is 28.8 Å². The van der Waals surface area contributed by atoms with Crippen molar-refractivity contribution in [3.05, 3.63) is 57.1 Å². The van der Waals surface area contributed by atoms with E-state index in [-0.39, 0.29) is 5.56 Å². The molecule has 2 heterocycles. The number of hydrogen-bond donors (Lipinski definition) is 1. The zero-order chi connectivity index (χ0) is 19.1. The van der Waals surface area contributed by atoms with Crippen molar-refractivity contribution >= 4 is 12.5 Å². The summed E-state index contributed by atoms with van der Waals surface area (Å²) >= 11 is 0. The molecule has 0 aromatic carbocycles.